The molecule has 0 aliphatic rings. The van der Waals surface area contributed by atoms with Crippen LogP contribution in [0.4, 0.5) is 0 Å². The average Bonchev–Trinajstić information content (AvgIpc) is 2.93. The second-order valence-corrected chi connectivity index (χ2v) is 6.04. The van der Waals surface area contributed by atoms with E-state index in [1.54, 1.807) is 10.5 Å². The van der Waals surface area contributed by atoms with E-state index in [0.717, 1.165) is 8.66 Å². The zero-order valence-electron chi connectivity index (χ0n) is 8.87. The van der Waals surface area contributed by atoms with Crippen molar-refractivity contribution in [3.05, 3.63) is 39.8 Å². The Bertz CT molecular complexity index is 750. The van der Waals surface area contributed by atoms with Crippen molar-refractivity contribution >= 4 is 38.9 Å². The minimum atomic E-state index is -0.969. The number of thiophene rings is 1. The lowest BCUT2D eigenvalue weighted by Crippen LogP contribution is -1.99. The molecule has 0 saturated carbocycles. The lowest BCUT2D eigenvalue weighted by atomic mass is 10.3. The Hall–Kier alpha value is -1.73. The predicted molar refractivity (Wildman–Crippen MR) is 71.0 cm³/mol. The van der Waals surface area contributed by atoms with Gasteiger partial charge in [-0.3, -0.25) is 4.40 Å². The summed E-state index contributed by atoms with van der Waals surface area (Å²) in [5.41, 5.74) is 0.832. The van der Waals surface area contributed by atoms with Gasteiger partial charge >= 0.3 is 5.97 Å². The summed E-state index contributed by atoms with van der Waals surface area (Å²) in [5, 5.41) is 17.1. The van der Waals surface area contributed by atoms with Gasteiger partial charge in [0.1, 0.15) is 0 Å². The Balaban J connectivity index is 2.23. The van der Waals surface area contributed by atoms with Crippen LogP contribution in [0.25, 0.3) is 16.3 Å². The minimum Gasteiger partial charge on any atom is -0.478 e. The number of carboxylic acids is 1. The number of carboxylic acid groups (broad SMARTS) is 1. The van der Waals surface area contributed by atoms with Gasteiger partial charge in [-0.15, -0.1) is 21.5 Å². The van der Waals surface area contributed by atoms with Crippen molar-refractivity contribution in [2.24, 2.45) is 0 Å². The highest BCUT2D eigenvalue weighted by atomic mass is 79.9. The number of halogens is 1. The zero-order valence-corrected chi connectivity index (χ0v) is 11.3. The summed E-state index contributed by atoms with van der Waals surface area (Å²) in [6.07, 6.45) is 1.53. The molecule has 0 fully saturated rings. The van der Waals surface area contributed by atoms with Gasteiger partial charge < -0.3 is 5.11 Å². The van der Waals surface area contributed by atoms with Crippen molar-refractivity contribution in [3.8, 4) is 10.7 Å². The van der Waals surface area contributed by atoms with E-state index >= 15 is 0 Å². The highest BCUT2D eigenvalue weighted by Gasteiger charge is 2.12. The standard InChI is InChI=1S/C11H6BrN3O2S/c12-8-3-2-7(18-8)10-14-13-9-4-1-6(11(16)17)5-15(9)10/h1-5H,(H,16,17). The van der Waals surface area contributed by atoms with Crippen molar-refractivity contribution in [3.63, 3.8) is 0 Å². The lowest BCUT2D eigenvalue weighted by molar-refractivity contribution is 0.0696. The third-order valence-electron chi connectivity index (χ3n) is 2.44. The molecule has 0 bridgehead atoms. The van der Waals surface area contributed by atoms with Crippen LogP contribution in [0.3, 0.4) is 0 Å². The van der Waals surface area contributed by atoms with Crippen LogP contribution in [0.15, 0.2) is 34.2 Å². The van der Waals surface area contributed by atoms with E-state index in [4.69, 9.17) is 5.11 Å². The minimum absolute atomic E-state index is 0.208. The highest BCUT2D eigenvalue weighted by Crippen LogP contribution is 2.30. The molecule has 90 valence electrons. The normalized spacial score (nSPS) is 10.9. The van der Waals surface area contributed by atoms with Crippen LogP contribution >= 0.6 is 27.3 Å². The molecule has 0 aliphatic heterocycles. The van der Waals surface area contributed by atoms with Gasteiger partial charge in [0.15, 0.2) is 11.5 Å². The van der Waals surface area contributed by atoms with Crippen molar-refractivity contribution < 1.29 is 9.90 Å². The molecule has 0 unspecified atom stereocenters. The summed E-state index contributed by atoms with van der Waals surface area (Å²) in [5.74, 6) is -0.326. The highest BCUT2D eigenvalue weighted by molar-refractivity contribution is 9.11. The molecule has 3 aromatic rings. The molecule has 0 spiro atoms. The van der Waals surface area contributed by atoms with E-state index < -0.39 is 5.97 Å². The quantitative estimate of drug-likeness (QED) is 0.787. The topological polar surface area (TPSA) is 67.5 Å². The molecular weight excluding hydrogens is 318 g/mol. The molecule has 0 aliphatic carbocycles. The largest absolute Gasteiger partial charge is 0.478 e. The predicted octanol–water partition coefficient (Wildman–Crippen LogP) is 2.92. The average molecular weight is 324 g/mol. The Kier molecular flexibility index (Phi) is 2.64. The van der Waals surface area contributed by atoms with Gasteiger partial charge in [0.05, 0.1) is 14.2 Å². The Labute approximate surface area is 114 Å². The fourth-order valence-electron chi connectivity index (χ4n) is 1.62. The number of fused-ring (bicyclic) bond motifs is 1. The molecular formula is C11H6BrN3O2S. The van der Waals surface area contributed by atoms with Crippen molar-refractivity contribution in [2.45, 2.75) is 0 Å². The fourth-order valence-corrected chi connectivity index (χ4v) is 2.99. The molecule has 3 heterocycles. The molecule has 0 aromatic carbocycles. The monoisotopic (exact) mass is 323 g/mol. The molecule has 3 rings (SSSR count). The summed E-state index contributed by atoms with van der Waals surface area (Å²) in [6.45, 7) is 0. The number of aromatic nitrogens is 3. The zero-order chi connectivity index (χ0) is 12.7. The van der Waals surface area contributed by atoms with Crippen molar-refractivity contribution in [1.29, 1.82) is 0 Å². The SMILES string of the molecule is O=C(O)c1ccc2nnc(-c3ccc(Br)s3)n2c1. The van der Waals surface area contributed by atoms with Crippen LogP contribution in [0.1, 0.15) is 10.4 Å². The van der Waals surface area contributed by atoms with Gasteiger partial charge in [0.25, 0.3) is 0 Å². The molecule has 3 aromatic heterocycles. The number of nitrogens with zero attached hydrogens (tertiary/aromatic N) is 3. The third-order valence-corrected chi connectivity index (χ3v) is 4.06. The Morgan fingerprint density at radius 2 is 2.11 bits per heavy atom. The third kappa shape index (κ3) is 1.81. The molecule has 7 heteroatoms. The summed E-state index contributed by atoms with van der Waals surface area (Å²) >= 11 is 4.91. The van der Waals surface area contributed by atoms with Crippen molar-refractivity contribution in [2.75, 3.05) is 0 Å². The van der Waals surface area contributed by atoms with Crippen LogP contribution in [0, 0.1) is 0 Å². The van der Waals surface area contributed by atoms with Crippen LogP contribution in [0.2, 0.25) is 0 Å². The number of hydrogen-bond donors (Lipinski definition) is 1. The van der Waals surface area contributed by atoms with Gasteiger partial charge in [0.2, 0.25) is 0 Å². The summed E-state index contributed by atoms with van der Waals surface area (Å²) < 4.78 is 2.67. The maximum atomic E-state index is 11.0. The van der Waals surface area contributed by atoms with E-state index in [-0.39, 0.29) is 5.56 Å². The number of hydrogen-bond acceptors (Lipinski definition) is 4. The summed E-state index contributed by atoms with van der Waals surface area (Å²) in [7, 11) is 0. The molecule has 1 N–H and O–H groups in total. The second-order valence-electron chi connectivity index (χ2n) is 3.58. The van der Waals surface area contributed by atoms with Crippen molar-refractivity contribution in [1.82, 2.24) is 14.6 Å². The molecule has 18 heavy (non-hydrogen) atoms. The first kappa shape index (κ1) is 11.4. The second kappa shape index (κ2) is 4.18. The summed E-state index contributed by atoms with van der Waals surface area (Å²) in [4.78, 5) is 11.9. The van der Waals surface area contributed by atoms with Gasteiger partial charge in [-0.25, -0.2) is 4.79 Å². The lowest BCUT2D eigenvalue weighted by Gasteiger charge is -1.98. The maximum absolute atomic E-state index is 11.0. The van der Waals surface area contributed by atoms with E-state index in [0.29, 0.717) is 11.5 Å². The number of pyridine rings is 1. The van der Waals surface area contributed by atoms with E-state index in [2.05, 4.69) is 26.1 Å². The maximum Gasteiger partial charge on any atom is 0.337 e. The van der Waals surface area contributed by atoms with Gasteiger partial charge in [-0.2, -0.15) is 0 Å². The van der Waals surface area contributed by atoms with Crippen LogP contribution < -0.4 is 0 Å². The van der Waals surface area contributed by atoms with Gasteiger partial charge in [0, 0.05) is 6.20 Å². The number of aromatic carboxylic acids is 1. The molecule has 5 nitrogen and oxygen atoms in total. The number of carbonyl (C=O) groups is 1. The Morgan fingerprint density at radius 1 is 1.28 bits per heavy atom. The molecule has 0 saturated heterocycles. The Morgan fingerprint density at radius 3 is 2.78 bits per heavy atom. The first-order chi connectivity index (χ1) is 8.65. The van der Waals surface area contributed by atoms with E-state index in [1.165, 1.54) is 23.6 Å². The fraction of sp³-hybridized carbons (Fsp3) is 0. The molecule has 0 atom stereocenters. The van der Waals surface area contributed by atoms with Gasteiger partial charge in [-0.05, 0) is 40.2 Å². The molecule has 0 amide bonds. The number of rotatable bonds is 2. The van der Waals surface area contributed by atoms with Crippen LogP contribution in [0.5, 0.6) is 0 Å². The molecule has 0 radical (unpaired) electrons. The van der Waals surface area contributed by atoms with Gasteiger partial charge in [-0.1, -0.05) is 0 Å². The summed E-state index contributed by atoms with van der Waals surface area (Å²) in [6, 6.07) is 6.99. The van der Waals surface area contributed by atoms with Crippen LogP contribution in [-0.2, 0) is 0 Å². The smallest absolute Gasteiger partial charge is 0.337 e. The first-order valence-electron chi connectivity index (χ1n) is 4.99. The van der Waals surface area contributed by atoms with Crippen LogP contribution in [-0.4, -0.2) is 25.7 Å². The van der Waals surface area contributed by atoms with E-state index in [1.807, 2.05) is 12.1 Å². The van der Waals surface area contributed by atoms with E-state index in [9.17, 15) is 4.79 Å². The first-order valence-corrected chi connectivity index (χ1v) is 6.60.